The summed E-state index contributed by atoms with van der Waals surface area (Å²) in [6.07, 6.45) is 3.25. The van der Waals surface area contributed by atoms with Gasteiger partial charge in [-0.25, -0.2) is 4.79 Å². The lowest BCUT2D eigenvalue weighted by Gasteiger charge is -2.34. The fourth-order valence-corrected chi connectivity index (χ4v) is 4.01. The van der Waals surface area contributed by atoms with E-state index in [1.54, 1.807) is 6.07 Å². The van der Waals surface area contributed by atoms with E-state index in [1.165, 1.54) is 29.2 Å². The zero-order valence-corrected chi connectivity index (χ0v) is 21.8. The van der Waals surface area contributed by atoms with E-state index in [1.807, 2.05) is 58.0 Å². The van der Waals surface area contributed by atoms with Crippen molar-refractivity contribution in [2.24, 2.45) is 5.92 Å². The molecule has 10 nitrogen and oxygen atoms in total. The van der Waals surface area contributed by atoms with Crippen LogP contribution in [0.1, 0.15) is 55.6 Å². The normalized spacial score (nSPS) is 12.3. The minimum atomic E-state index is -1.27. The van der Waals surface area contributed by atoms with E-state index in [0.717, 1.165) is 5.56 Å². The first-order valence-electron chi connectivity index (χ1n) is 12.3. The summed E-state index contributed by atoms with van der Waals surface area (Å²) in [4.78, 5) is 62.3. The third-order valence-electron chi connectivity index (χ3n) is 5.92. The van der Waals surface area contributed by atoms with Crippen LogP contribution in [-0.2, 0) is 16.1 Å². The Kier molecular flexibility index (Phi) is 9.01. The molecule has 2 amide bonds. The van der Waals surface area contributed by atoms with Crippen LogP contribution in [0.3, 0.4) is 0 Å². The molecule has 1 atom stereocenters. The molecule has 1 heterocycles. The van der Waals surface area contributed by atoms with Gasteiger partial charge in [-0.2, -0.15) is 4.68 Å². The van der Waals surface area contributed by atoms with Crippen LogP contribution in [0.4, 0.5) is 5.69 Å². The first kappa shape index (κ1) is 28.1. The summed E-state index contributed by atoms with van der Waals surface area (Å²) < 4.78 is 0.707. The molecule has 0 saturated heterocycles. The zero-order valence-electron chi connectivity index (χ0n) is 21.8. The van der Waals surface area contributed by atoms with Crippen LogP contribution in [0.2, 0.25) is 0 Å². The van der Waals surface area contributed by atoms with Gasteiger partial charge in [0.05, 0.1) is 11.3 Å². The van der Waals surface area contributed by atoms with Gasteiger partial charge in [0.2, 0.25) is 11.8 Å². The van der Waals surface area contributed by atoms with Crippen molar-refractivity contribution < 1.29 is 19.5 Å². The van der Waals surface area contributed by atoms with E-state index in [4.69, 9.17) is 0 Å². The highest BCUT2D eigenvalue weighted by atomic mass is 16.4. The predicted octanol–water partition coefficient (Wildman–Crippen LogP) is 2.64. The van der Waals surface area contributed by atoms with Crippen LogP contribution in [0.25, 0.3) is 6.08 Å². The number of anilines is 1. The molecule has 0 aliphatic heterocycles. The van der Waals surface area contributed by atoms with Crippen LogP contribution in [-0.4, -0.2) is 44.5 Å². The lowest BCUT2D eigenvalue weighted by molar-refractivity contribution is -0.139. The number of hydrogen-bond acceptors (Lipinski definition) is 6. The molecule has 0 spiro atoms. The second-order valence-corrected chi connectivity index (χ2v) is 9.69. The molecule has 0 bridgehead atoms. The van der Waals surface area contributed by atoms with Crippen molar-refractivity contribution in [2.75, 3.05) is 5.43 Å². The Morgan fingerprint density at radius 1 is 1.00 bits per heavy atom. The maximum Gasteiger partial charge on any atom is 0.340 e. The predicted molar refractivity (Wildman–Crippen MR) is 144 cm³/mol. The van der Waals surface area contributed by atoms with Crippen LogP contribution >= 0.6 is 0 Å². The molecule has 3 aromatic rings. The summed E-state index contributed by atoms with van der Waals surface area (Å²) in [5, 5.41) is 12.5. The minimum Gasteiger partial charge on any atom is -0.478 e. The first-order valence-corrected chi connectivity index (χ1v) is 12.3. The fraction of sp³-hybridized carbons (Fsp3) is 0.321. The van der Waals surface area contributed by atoms with Gasteiger partial charge in [0.25, 0.3) is 0 Å². The molecule has 0 aliphatic carbocycles. The number of nitrogens with one attached hydrogen (secondary N) is 2. The number of carbonyl (C=O) groups excluding carboxylic acids is 2. The molecule has 1 unspecified atom stereocenters. The van der Waals surface area contributed by atoms with Crippen LogP contribution in [0.5, 0.6) is 0 Å². The highest BCUT2D eigenvalue weighted by molar-refractivity contribution is 5.97. The van der Waals surface area contributed by atoms with Crippen molar-refractivity contribution >= 4 is 29.5 Å². The summed E-state index contributed by atoms with van der Waals surface area (Å²) >= 11 is 0. The molecule has 0 fully saturated rings. The van der Waals surface area contributed by atoms with E-state index in [2.05, 4.69) is 10.7 Å². The standard InChI is InChI=1S/C28H32N4O6/c1-17(2)14-23(25(34)29-16-20-8-6-5-7-9-20)31(18(3)4)24(33)13-11-19-10-12-22(21(15-19)28(37)38)30-32-26(35)27(32)36/h5-13,15,17-18,23,30H,14,16H2,1-4H3,(H,29,34)(H,37,38)/b13-11+. The van der Waals surface area contributed by atoms with Crippen molar-refractivity contribution in [3.8, 4) is 0 Å². The Hall–Kier alpha value is -4.47. The number of carboxylic acids is 1. The molecule has 1 aromatic heterocycles. The van der Waals surface area contributed by atoms with E-state index in [9.17, 15) is 29.1 Å². The molecular weight excluding hydrogens is 488 g/mol. The van der Waals surface area contributed by atoms with Crippen molar-refractivity contribution in [1.29, 1.82) is 0 Å². The number of nitrogens with zero attached hydrogens (tertiary/aromatic N) is 2. The third kappa shape index (κ3) is 7.06. The highest BCUT2D eigenvalue weighted by Crippen LogP contribution is 2.20. The maximum atomic E-state index is 13.3. The quantitative estimate of drug-likeness (QED) is 0.247. The van der Waals surface area contributed by atoms with Crippen LogP contribution < -0.4 is 21.9 Å². The van der Waals surface area contributed by atoms with Gasteiger partial charge in [0.15, 0.2) is 0 Å². The van der Waals surface area contributed by atoms with Gasteiger partial charge in [-0.05, 0) is 55.5 Å². The average molecular weight is 521 g/mol. The number of aromatic nitrogens is 1. The average Bonchev–Trinajstić information content (AvgIpc) is 3.44. The van der Waals surface area contributed by atoms with Gasteiger partial charge in [0, 0.05) is 18.7 Å². The largest absolute Gasteiger partial charge is 0.478 e. The number of hydrogen-bond donors (Lipinski definition) is 3. The molecule has 0 radical (unpaired) electrons. The summed E-state index contributed by atoms with van der Waals surface area (Å²) in [6, 6.07) is 12.8. The first-order chi connectivity index (χ1) is 18.0. The summed E-state index contributed by atoms with van der Waals surface area (Å²) in [7, 11) is 0. The van der Waals surface area contributed by atoms with E-state index in [0.29, 0.717) is 23.2 Å². The molecule has 0 aliphatic rings. The topological polar surface area (TPSA) is 138 Å². The van der Waals surface area contributed by atoms with Crippen molar-refractivity contribution in [2.45, 2.75) is 52.7 Å². The summed E-state index contributed by atoms with van der Waals surface area (Å²) in [6.45, 7) is 7.99. The molecule has 2 aromatic carbocycles. The SMILES string of the molecule is CC(C)CC(C(=O)NCc1ccccc1)N(C(=O)/C=C/c1ccc(Nn2c(=O)c2=O)c(C(=O)O)c1)C(C)C. The number of carboxylic acid groups (broad SMARTS) is 1. The molecule has 3 N–H and O–H groups in total. The lowest BCUT2D eigenvalue weighted by atomic mass is 9.99. The maximum absolute atomic E-state index is 13.3. The number of rotatable bonds is 12. The Morgan fingerprint density at radius 3 is 2.21 bits per heavy atom. The third-order valence-corrected chi connectivity index (χ3v) is 5.92. The second-order valence-electron chi connectivity index (χ2n) is 9.69. The van der Waals surface area contributed by atoms with Crippen molar-refractivity contribution in [3.05, 3.63) is 92.0 Å². The van der Waals surface area contributed by atoms with Gasteiger partial charge in [-0.15, -0.1) is 0 Å². The second kappa shape index (κ2) is 12.2. The number of benzene rings is 2. The monoisotopic (exact) mass is 520 g/mol. The molecule has 200 valence electrons. The summed E-state index contributed by atoms with van der Waals surface area (Å²) in [5.74, 6) is -1.76. The van der Waals surface area contributed by atoms with Crippen molar-refractivity contribution in [1.82, 2.24) is 14.9 Å². The minimum absolute atomic E-state index is 0.0658. The van der Waals surface area contributed by atoms with Gasteiger partial charge in [-0.1, -0.05) is 50.2 Å². The van der Waals surface area contributed by atoms with Crippen LogP contribution in [0, 0.1) is 5.92 Å². The Labute approximate surface area is 220 Å². The van der Waals surface area contributed by atoms with Crippen molar-refractivity contribution in [3.63, 3.8) is 0 Å². The Morgan fingerprint density at radius 2 is 1.66 bits per heavy atom. The number of carbonyl (C=O) groups is 3. The highest BCUT2D eigenvalue weighted by Gasteiger charge is 2.31. The Balaban J connectivity index is 1.80. The van der Waals surface area contributed by atoms with Crippen LogP contribution in [0.15, 0.2) is 64.2 Å². The number of amides is 2. The van der Waals surface area contributed by atoms with E-state index >= 15 is 0 Å². The van der Waals surface area contributed by atoms with E-state index < -0.39 is 23.1 Å². The van der Waals surface area contributed by atoms with Gasteiger partial charge in [-0.3, -0.25) is 24.6 Å². The zero-order chi connectivity index (χ0) is 28.0. The molecule has 3 rings (SSSR count). The fourth-order valence-electron chi connectivity index (χ4n) is 4.01. The van der Waals surface area contributed by atoms with Gasteiger partial charge in [0.1, 0.15) is 6.04 Å². The molecule has 0 saturated carbocycles. The van der Waals surface area contributed by atoms with E-state index in [-0.39, 0.29) is 35.0 Å². The molecule has 10 heteroatoms. The lowest BCUT2D eigenvalue weighted by Crippen LogP contribution is -2.52. The molecule has 38 heavy (non-hydrogen) atoms. The summed E-state index contributed by atoms with van der Waals surface area (Å²) in [5.41, 5.74) is 2.22. The van der Waals surface area contributed by atoms with Gasteiger partial charge >= 0.3 is 17.1 Å². The number of aromatic carboxylic acids is 1. The van der Waals surface area contributed by atoms with Gasteiger partial charge < -0.3 is 15.3 Å². The molecular formula is C28H32N4O6. The smallest absolute Gasteiger partial charge is 0.340 e. The Bertz CT molecular complexity index is 1370.